The van der Waals surface area contributed by atoms with Gasteiger partial charge in [-0.25, -0.2) is 0 Å². The molecule has 102 valence electrons. The second-order valence-corrected chi connectivity index (χ2v) is 4.73. The van der Waals surface area contributed by atoms with Crippen LogP contribution in [-0.2, 0) is 4.65 Å². The summed E-state index contributed by atoms with van der Waals surface area (Å²) in [6.07, 6.45) is 14.2. The lowest BCUT2D eigenvalue weighted by atomic mass is 10.1. The highest BCUT2D eigenvalue weighted by Gasteiger charge is 2.06. The van der Waals surface area contributed by atoms with Gasteiger partial charge in [-0.05, 0) is 6.42 Å². The first-order chi connectivity index (χ1) is 8.27. The van der Waals surface area contributed by atoms with Gasteiger partial charge in [0.05, 0.1) is 0 Å². The van der Waals surface area contributed by atoms with E-state index in [1.165, 1.54) is 57.8 Å². The Labute approximate surface area is 107 Å². The highest BCUT2D eigenvalue weighted by Crippen LogP contribution is 2.11. The SMILES string of the molecule is CCCCCCCCCCCCCOB(O)O. The molecular formula is C13H29BO3. The number of unbranched alkanes of at least 4 members (excludes halogenated alkanes) is 10. The van der Waals surface area contributed by atoms with Crippen LogP contribution >= 0.6 is 0 Å². The van der Waals surface area contributed by atoms with Crippen molar-refractivity contribution >= 4 is 7.32 Å². The predicted octanol–water partition coefficient (Wildman–Crippen LogP) is 3.28. The lowest BCUT2D eigenvalue weighted by Crippen LogP contribution is -2.17. The smallest absolute Gasteiger partial charge is 0.402 e. The standard InChI is InChI=1S/C13H29BO3/c1-2-3-4-5-6-7-8-9-10-11-12-13-17-14(15)16/h15-16H,2-13H2,1H3. The van der Waals surface area contributed by atoms with Gasteiger partial charge in [0.25, 0.3) is 0 Å². The minimum Gasteiger partial charge on any atom is -0.402 e. The second-order valence-electron chi connectivity index (χ2n) is 4.73. The molecule has 0 saturated carbocycles. The first-order valence-corrected chi connectivity index (χ1v) is 7.25. The van der Waals surface area contributed by atoms with Crippen LogP contribution in [0.2, 0.25) is 0 Å². The Kier molecular flexibility index (Phi) is 14.0. The molecule has 0 heterocycles. The Morgan fingerprint density at radius 3 is 1.53 bits per heavy atom. The molecule has 17 heavy (non-hydrogen) atoms. The summed E-state index contributed by atoms with van der Waals surface area (Å²) in [6.45, 7) is 2.70. The average Bonchev–Trinajstić information content (AvgIpc) is 2.30. The molecule has 0 saturated heterocycles. The number of rotatable bonds is 13. The molecule has 0 unspecified atom stereocenters. The number of hydrogen-bond acceptors (Lipinski definition) is 3. The minimum absolute atomic E-state index is 0.453. The van der Waals surface area contributed by atoms with Crippen LogP contribution in [0.5, 0.6) is 0 Å². The molecule has 3 nitrogen and oxygen atoms in total. The van der Waals surface area contributed by atoms with Crippen molar-refractivity contribution < 1.29 is 14.7 Å². The van der Waals surface area contributed by atoms with Gasteiger partial charge in [-0.3, -0.25) is 0 Å². The van der Waals surface area contributed by atoms with Crippen LogP contribution in [0.25, 0.3) is 0 Å². The normalized spacial score (nSPS) is 10.8. The van der Waals surface area contributed by atoms with E-state index in [2.05, 4.69) is 11.6 Å². The van der Waals surface area contributed by atoms with Crippen molar-refractivity contribution in [2.75, 3.05) is 6.61 Å². The lowest BCUT2D eigenvalue weighted by Gasteiger charge is -2.03. The summed E-state index contributed by atoms with van der Waals surface area (Å²) in [5.41, 5.74) is 0. The van der Waals surface area contributed by atoms with E-state index >= 15 is 0 Å². The van der Waals surface area contributed by atoms with Crippen LogP contribution in [0.4, 0.5) is 0 Å². The van der Waals surface area contributed by atoms with Crippen molar-refractivity contribution in [1.82, 2.24) is 0 Å². The molecule has 0 spiro atoms. The third kappa shape index (κ3) is 15.9. The van der Waals surface area contributed by atoms with Gasteiger partial charge in [-0.2, -0.15) is 0 Å². The van der Waals surface area contributed by atoms with Gasteiger partial charge in [0.15, 0.2) is 0 Å². The van der Waals surface area contributed by atoms with Gasteiger partial charge >= 0.3 is 7.32 Å². The zero-order valence-electron chi connectivity index (χ0n) is 11.4. The largest absolute Gasteiger partial charge is 0.633 e. The maximum absolute atomic E-state index is 8.45. The quantitative estimate of drug-likeness (QED) is 0.386. The average molecular weight is 244 g/mol. The second kappa shape index (κ2) is 14.0. The summed E-state index contributed by atoms with van der Waals surface area (Å²) >= 11 is 0. The fraction of sp³-hybridized carbons (Fsp3) is 1.00. The molecule has 2 N–H and O–H groups in total. The summed E-state index contributed by atoms with van der Waals surface area (Å²) in [5, 5.41) is 16.9. The van der Waals surface area contributed by atoms with Crippen molar-refractivity contribution in [3.63, 3.8) is 0 Å². The van der Waals surface area contributed by atoms with E-state index in [1.54, 1.807) is 0 Å². The Morgan fingerprint density at radius 2 is 1.12 bits per heavy atom. The highest BCUT2D eigenvalue weighted by atomic mass is 16.6. The Bertz CT molecular complexity index is 143. The van der Waals surface area contributed by atoms with Gasteiger partial charge < -0.3 is 14.7 Å². The molecule has 0 amide bonds. The van der Waals surface area contributed by atoms with Crippen LogP contribution < -0.4 is 0 Å². The summed E-state index contributed by atoms with van der Waals surface area (Å²) in [4.78, 5) is 0. The lowest BCUT2D eigenvalue weighted by molar-refractivity contribution is 0.182. The molecule has 0 aromatic heterocycles. The summed E-state index contributed by atoms with van der Waals surface area (Å²) in [7, 11) is -1.60. The molecule has 0 fully saturated rings. The molecule has 0 aliphatic heterocycles. The van der Waals surface area contributed by atoms with Crippen molar-refractivity contribution in [1.29, 1.82) is 0 Å². The molecule has 0 rings (SSSR count). The first-order valence-electron chi connectivity index (χ1n) is 7.25. The van der Waals surface area contributed by atoms with E-state index in [4.69, 9.17) is 10.0 Å². The van der Waals surface area contributed by atoms with Gasteiger partial charge in [0, 0.05) is 6.61 Å². The molecule has 0 aromatic carbocycles. The molecule has 0 radical (unpaired) electrons. The maximum Gasteiger partial charge on any atom is 0.633 e. The monoisotopic (exact) mass is 244 g/mol. The third-order valence-corrected chi connectivity index (χ3v) is 3.01. The van der Waals surface area contributed by atoms with E-state index in [0.29, 0.717) is 6.61 Å². The van der Waals surface area contributed by atoms with E-state index in [1.807, 2.05) is 0 Å². The molecule has 0 aromatic rings. The molecule has 4 heteroatoms. The zero-order chi connectivity index (χ0) is 12.8. The van der Waals surface area contributed by atoms with Crippen LogP contribution in [0.3, 0.4) is 0 Å². The van der Waals surface area contributed by atoms with Crippen LogP contribution in [-0.4, -0.2) is 24.0 Å². The Morgan fingerprint density at radius 1 is 0.706 bits per heavy atom. The summed E-state index contributed by atoms with van der Waals surface area (Å²) < 4.78 is 4.64. The number of hydrogen-bond donors (Lipinski definition) is 2. The third-order valence-electron chi connectivity index (χ3n) is 3.01. The van der Waals surface area contributed by atoms with Gasteiger partial charge in [-0.1, -0.05) is 71.1 Å². The van der Waals surface area contributed by atoms with Gasteiger partial charge in [0.1, 0.15) is 0 Å². The van der Waals surface area contributed by atoms with Gasteiger partial charge in [0.2, 0.25) is 0 Å². The van der Waals surface area contributed by atoms with Crippen LogP contribution in [0.15, 0.2) is 0 Å². The van der Waals surface area contributed by atoms with E-state index in [-0.39, 0.29) is 0 Å². The van der Waals surface area contributed by atoms with Crippen LogP contribution in [0.1, 0.15) is 77.6 Å². The maximum atomic E-state index is 8.45. The minimum atomic E-state index is -1.60. The Balaban J connectivity index is 2.89. The zero-order valence-corrected chi connectivity index (χ0v) is 11.4. The summed E-state index contributed by atoms with van der Waals surface area (Å²) in [6, 6.07) is 0. The highest BCUT2D eigenvalue weighted by molar-refractivity contribution is 6.32. The van der Waals surface area contributed by atoms with Crippen LogP contribution in [0, 0.1) is 0 Å². The van der Waals surface area contributed by atoms with Crippen molar-refractivity contribution in [3.05, 3.63) is 0 Å². The molecule has 0 aliphatic carbocycles. The topological polar surface area (TPSA) is 49.7 Å². The van der Waals surface area contributed by atoms with Crippen molar-refractivity contribution in [2.24, 2.45) is 0 Å². The van der Waals surface area contributed by atoms with E-state index in [9.17, 15) is 0 Å². The molecule has 0 bridgehead atoms. The molecule has 0 aliphatic rings. The fourth-order valence-electron chi connectivity index (χ4n) is 1.96. The fourth-order valence-corrected chi connectivity index (χ4v) is 1.96. The first kappa shape index (κ1) is 16.9. The Hall–Kier alpha value is -0.0551. The summed E-state index contributed by atoms with van der Waals surface area (Å²) in [5.74, 6) is 0. The predicted molar refractivity (Wildman–Crippen MR) is 72.6 cm³/mol. The molecule has 0 atom stereocenters. The van der Waals surface area contributed by atoms with Crippen molar-refractivity contribution in [2.45, 2.75) is 77.6 Å². The van der Waals surface area contributed by atoms with Gasteiger partial charge in [-0.15, -0.1) is 0 Å². The van der Waals surface area contributed by atoms with E-state index in [0.717, 1.165) is 12.8 Å². The van der Waals surface area contributed by atoms with E-state index < -0.39 is 7.32 Å². The van der Waals surface area contributed by atoms with Crippen molar-refractivity contribution in [3.8, 4) is 0 Å². The molecular weight excluding hydrogens is 215 g/mol.